The minimum atomic E-state index is -1.55. The first-order chi connectivity index (χ1) is 14.4. The number of ether oxygens (including phenoxy) is 2. The average Bonchev–Trinajstić information content (AvgIpc) is 3.31. The Labute approximate surface area is 175 Å². The van der Waals surface area contributed by atoms with E-state index in [0.717, 1.165) is 11.1 Å². The van der Waals surface area contributed by atoms with Crippen LogP contribution in [0.4, 0.5) is 0 Å². The topological polar surface area (TPSA) is 81.9 Å². The van der Waals surface area contributed by atoms with Gasteiger partial charge in [-0.05, 0) is 36.1 Å². The number of rotatable bonds is 5. The number of esters is 1. The molecule has 0 aromatic heterocycles. The molecule has 2 aromatic rings. The Kier molecular flexibility index (Phi) is 5.02. The molecular formula is C23H26N2O5. The van der Waals surface area contributed by atoms with Gasteiger partial charge in [0.1, 0.15) is 5.75 Å². The standard InChI is InChI=1S/C23H26N2O5/c1-22(25(27)28)19(16-8-5-4-6-9-16)20(17-10-12-18(29-2)13-11-17)24-15-7-14-23(22,24)21(26)30-3/h4-6,8-13,19-20H,7,14-15H2,1-3H3/t19-,20-,22+,23-/m1/s1. The third-order valence-electron chi connectivity index (χ3n) is 7.04. The molecule has 0 aliphatic carbocycles. The van der Waals surface area contributed by atoms with Gasteiger partial charge in [0.25, 0.3) is 5.54 Å². The first-order valence-electron chi connectivity index (χ1n) is 10.1. The maximum atomic E-state index is 13.2. The molecular weight excluding hydrogens is 384 g/mol. The second kappa shape index (κ2) is 7.40. The third-order valence-corrected chi connectivity index (χ3v) is 7.04. The molecule has 0 N–H and O–H groups in total. The smallest absolute Gasteiger partial charge is 0.333 e. The van der Waals surface area contributed by atoms with Crippen molar-refractivity contribution in [3.63, 3.8) is 0 Å². The molecule has 7 heteroatoms. The van der Waals surface area contributed by atoms with E-state index in [9.17, 15) is 14.9 Å². The molecule has 2 aliphatic heterocycles. The van der Waals surface area contributed by atoms with Gasteiger partial charge in [0.05, 0.1) is 20.1 Å². The van der Waals surface area contributed by atoms with Gasteiger partial charge in [-0.25, -0.2) is 4.79 Å². The summed E-state index contributed by atoms with van der Waals surface area (Å²) in [5.41, 5.74) is -1.11. The number of fused-ring (bicyclic) bond motifs is 1. The van der Waals surface area contributed by atoms with E-state index < -0.39 is 23.0 Å². The van der Waals surface area contributed by atoms with Crippen molar-refractivity contribution in [3.8, 4) is 5.75 Å². The highest BCUT2D eigenvalue weighted by atomic mass is 16.6. The largest absolute Gasteiger partial charge is 0.497 e. The lowest BCUT2D eigenvalue weighted by atomic mass is 9.68. The first-order valence-corrected chi connectivity index (χ1v) is 10.1. The number of methoxy groups -OCH3 is 2. The zero-order chi connectivity index (χ0) is 21.5. The molecule has 2 aromatic carbocycles. The molecule has 0 amide bonds. The van der Waals surface area contributed by atoms with E-state index in [0.29, 0.717) is 25.1 Å². The Bertz CT molecular complexity index is 948. The fraction of sp³-hybridized carbons (Fsp3) is 0.435. The molecule has 7 nitrogen and oxygen atoms in total. The van der Waals surface area contributed by atoms with Crippen LogP contribution >= 0.6 is 0 Å². The second-order valence-corrected chi connectivity index (χ2v) is 8.16. The molecule has 2 heterocycles. The van der Waals surface area contributed by atoms with Crippen molar-refractivity contribution in [2.45, 2.75) is 42.8 Å². The third kappa shape index (κ3) is 2.58. The average molecular weight is 410 g/mol. The van der Waals surface area contributed by atoms with E-state index in [2.05, 4.69) is 0 Å². The Morgan fingerprint density at radius 3 is 2.33 bits per heavy atom. The monoisotopic (exact) mass is 410 g/mol. The molecule has 0 radical (unpaired) electrons. The number of hydrogen-bond donors (Lipinski definition) is 0. The summed E-state index contributed by atoms with van der Waals surface area (Å²) in [5, 5.41) is 12.7. The highest BCUT2D eigenvalue weighted by Crippen LogP contribution is 2.62. The van der Waals surface area contributed by atoms with Gasteiger partial charge in [0.2, 0.25) is 0 Å². The molecule has 4 atom stereocenters. The Hall–Kier alpha value is -2.93. The Morgan fingerprint density at radius 1 is 1.10 bits per heavy atom. The van der Waals surface area contributed by atoms with Crippen molar-refractivity contribution < 1.29 is 19.2 Å². The number of nitro groups is 1. The van der Waals surface area contributed by atoms with E-state index in [1.807, 2.05) is 59.5 Å². The maximum absolute atomic E-state index is 13.2. The molecule has 4 rings (SSSR count). The summed E-state index contributed by atoms with van der Waals surface area (Å²) in [7, 11) is 2.91. The summed E-state index contributed by atoms with van der Waals surface area (Å²) >= 11 is 0. The van der Waals surface area contributed by atoms with Gasteiger partial charge >= 0.3 is 5.97 Å². The molecule has 2 saturated heterocycles. The summed E-state index contributed by atoms with van der Waals surface area (Å²) in [6.45, 7) is 2.21. The van der Waals surface area contributed by atoms with Crippen LogP contribution in [-0.2, 0) is 9.53 Å². The fourth-order valence-corrected chi connectivity index (χ4v) is 5.70. The van der Waals surface area contributed by atoms with Crippen LogP contribution < -0.4 is 4.74 Å². The second-order valence-electron chi connectivity index (χ2n) is 8.16. The van der Waals surface area contributed by atoms with Crippen molar-refractivity contribution in [2.24, 2.45) is 0 Å². The number of hydrogen-bond acceptors (Lipinski definition) is 6. The van der Waals surface area contributed by atoms with E-state index in [4.69, 9.17) is 9.47 Å². The van der Waals surface area contributed by atoms with E-state index in [1.165, 1.54) is 7.11 Å². The summed E-state index contributed by atoms with van der Waals surface area (Å²) in [4.78, 5) is 27.7. The highest BCUT2D eigenvalue weighted by molar-refractivity contribution is 5.84. The fourth-order valence-electron chi connectivity index (χ4n) is 5.70. The van der Waals surface area contributed by atoms with Gasteiger partial charge in [-0.2, -0.15) is 0 Å². The van der Waals surface area contributed by atoms with E-state index in [1.54, 1.807) is 14.0 Å². The highest BCUT2D eigenvalue weighted by Gasteiger charge is 2.79. The van der Waals surface area contributed by atoms with Gasteiger partial charge in [-0.1, -0.05) is 42.5 Å². The lowest BCUT2D eigenvalue weighted by Crippen LogP contribution is -2.64. The molecule has 0 bridgehead atoms. The normalized spacial score (nSPS) is 30.6. The molecule has 158 valence electrons. The lowest BCUT2D eigenvalue weighted by Gasteiger charge is -2.36. The SMILES string of the molecule is COC(=O)[C@@]12CCCN1[C@H](c1ccc(OC)cc1)[C@@H](c1ccccc1)[C@]2(C)[N+](=O)[O-]. The van der Waals surface area contributed by atoms with E-state index in [-0.39, 0.29) is 11.0 Å². The summed E-state index contributed by atoms with van der Waals surface area (Å²) in [6, 6.07) is 16.7. The Balaban J connectivity index is 1.99. The molecule has 0 unspecified atom stereocenters. The number of nitrogens with zero attached hydrogens (tertiary/aromatic N) is 2. The van der Waals surface area contributed by atoms with Gasteiger partial charge in [-0.3, -0.25) is 15.0 Å². The van der Waals surface area contributed by atoms with Gasteiger partial charge in [0.15, 0.2) is 5.54 Å². The number of carbonyl (C=O) groups excluding carboxylic acids is 1. The van der Waals surface area contributed by atoms with Crippen LogP contribution in [0.5, 0.6) is 5.75 Å². The predicted octanol–water partition coefficient (Wildman–Crippen LogP) is 3.58. The minimum absolute atomic E-state index is 0.260. The summed E-state index contributed by atoms with van der Waals surface area (Å²) < 4.78 is 10.5. The van der Waals surface area contributed by atoms with Crippen molar-refractivity contribution >= 4 is 5.97 Å². The van der Waals surface area contributed by atoms with Crippen molar-refractivity contribution in [1.82, 2.24) is 4.90 Å². The molecule has 2 fully saturated rings. The van der Waals surface area contributed by atoms with Crippen molar-refractivity contribution in [3.05, 3.63) is 75.8 Å². The van der Waals surface area contributed by atoms with Gasteiger partial charge < -0.3 is 9.47 Å². The zero-order valence-corrected chi connectivity index (χ0v) is 17.4. The minimum Gasteiger partial charge on any atom is -0.497 e. The number of carbonyl (C=O) groups is 1. The summed E-state index contributed by atoms with van der Waals surface area (Å²) in [6.07, 6.45) is 1.10. The van der Waals surface area contributed by atoms with Crippen LogP contribution in [0.25, 0.3) is 0 Å². The van der Waals surface area contributed by atoms with Gasteiger partial charge in [-0.15, -0.1) is 0 Å². The molecule has 2 aliphatic rings. The van der Waals surface area contributed by atoms with Crippen LogP contribution in [0.3, 0.4) is 0 Å². The number of benzene rings is 2. The van der Waals surface area contributed by atoms with Gasteiger partial charge in [0, 0.05) is 24.4 Å². The molecule has 0 spiro atoms. The van der Waals surface area contributed by atoms with Crippen LogP contribution in [0.15, 0.2) is 54.6 Å². The maximum Gasteiger partial charge on any atom is 0.333 e. The Morgan fingerprint density at radius 2 is 1.77 bits per heavy atom. The van der Waals surface area contributed by atoms with Crippen LogP contribution in [0.1, 0.15) is 42.9 Å². The van der Waals surface area contributed by atoms with Crippen LogP contribution in [-0.4, -0.2) is 47.6 Å². The first kappa shape index (κ1) is 20.3. The molecule has 0 saturated carbocycles. The van der Waals surface area contributed by atoms with E-state index >= 15 is 0 Å². The van der Waals surface area contributed by atoms with Crippen LogP contribution in [0, 0.1) is 10.1 Å². The van der Waals surface area contributed by atoms with Crippen molar-refractivity contribution in [1.29, 1.82) is 0 Å². The predicted molar refractivity (Wildman–Crippen MR) is 111 cm³/mol. The summed E-state index contributed by atoms with van der Waals surface area (Å²) in [5.74, 6) is -0.344. The molecule has 30 heavy (non-hydrogen) atoms. The van der Waals surface area contributed by atoms with Crippen molar-refractivity contribution in [2.75, 3.05) is 20.8 Å². The van der Waals surface area contributed by atoms with Crippen LogP contribution in [0.2, 0.25) is 0 Å². The quantitative estimate of drug-likeness (QED) is 0.426. The lowest BCUT2D eigenvalue weighted by molar-refractivity contribution is -0.577. The zero-order valence-electron chi connectivity index (χ0n) is 17.4.